The molecule has 0 saturated heterocycles. The molecule has 0 heterocycles. The lowest BCUT2D eigenvalue weighted by atomic mass is 9.74. The molecule has 112 valence electrons. The molecule has 1 saturated carbocycles. The Kier molecular flexibility index (Phi) is 7.39. The molecular formula is C15H30N2O2. The van der Waals surface area contributed by atoms with E-state index in [1.807, 2.05) is 0 Å². The van der Waals surface area contributed by atoms with Crippen molar-refractivity contribution in [2.45, 2.75) is 46.1 Å². The largest absolute Gasteiger partial charge is 0.383 e. The average Bonchev–Trinajstić information content (AvgIpc) is 2.34. The highest BCUT2D eigenvalue weighted by molar-refractivity contribution is 5.78. The monoisotopic (exact) mass is 270 g/mol. The van der Waals surface area contributed by atoms with Gasteiger partial charge in [0.1, 0.15) is 0 Å². The molecule has 0 aromatic rings. The summed E-state index contributed by atoms with van der Waals surface area (Å²) in [5, 5.41) is 6.31. The van der Waals surface area contributed by atoms with E-state index in [2.05, 4.69) is 31.4 Å². The molecule has 0 spiro atoms. The molecule has 2 N–H and O–H groups in total. The van der Waals surface area contributed by atoms with Gasteiger partial charge in [0.05, 0.1) is 13.2 Å². The van der Waals surface area contributed by atoms with Gasteiger partial charge < -0.3 is 15.4 Å². The number of hydrogen-bond donors (Lipinski definition) is 2. The lowest BCUT2D eigenvalue weighted by Gasteiger charge is -2.37. The Bertz CT molecular complexity index is 269. The first-order valence-electron chi connectivity index (χ1n) is 7.53. The molecule has 4 nitrogen and oxygen atoms in total. The zero-order valence-corrected chi connectivity index (χ0v) is 12.9. The molecule has 1 aliphatic carbocycles. The van der Waals surface area contributed by atoms with Crippen LogP contribution < -0.4 is 10.6 Å². The molecule has 0 bridgehead atoms. The Balaban J connectivity index is 2.36. The van der Waals surface area contributed by atoms with Crippen molar-refractivity contribution in [3.05, 3.63) is 0 Å². The van der Waals surface area contributed by atoms with E-state index in [4.69, 9.17) is 4.74 Å². The third-order valence-electron chi connectivity index (χ3n) is 4.14. The van der Waals surface area contributed by atoms with Crippen LogP contribution in [0.5, 0.6) is 0 Å². The van der Waals surface area contributed by atoms with Gasteiger partial charge in [0.2, 0.25) is 5.91 Å². The van der Waals surface area contributed by atoms with Gasteiger partial charge in [-0.3, -0.25) is 4.79 Å². The summed E-state index contributed by atoms with van der Waals surface area (Å²) in [6.45, 7) is 8.56. The van der Waals surface area contributed by atoms with Crippen molar-refractivity contribution in [1.29, 1.82) is 0 Å². The van der Waals surface area contributed by atoms with Gasteiger partial charge in [-0.25, -0.2) is 0 Å². The highest BCUT2D eigenvalue weighted by Crippen LogP contribution is 2.33. The van der Waals surface area contributed by atoms with E-state index in [9.17, 15) is 4.79 Å². The summed E-state index contributed by atoms with van der Waals surface area (Å²) in [6.07, 6.45) is 3.65. The highest BCUT2D eigenvalue weighted by atomic mass is 16.5. The molecule has 3 atom stereocenters. The van der Waals surface area contributed by atoms with E-state index >= 15 is 0 Å². The van der Waals surface area contributed by atoms with Crippen molar-refractivity contribution >= 4 is 5.91 Å². The lowest BCUT2D eigenvalue weighted by molar-refractivity contribution is -0.121. The topological polar surface area (TPSA) is 50.4 Å². The zero-order valence-electron chi connectivity index (χ0n) is 12.9. The Morgan fingerprint density at radius 2 is 2.11 bits per heavy atom. The molecule has 4 heteroatoms. The number of ether oxygens (including phenoxy) is 1. The van der Waals surface area contributed by atoms with E-state index in [0.29, 0.717) is 31.0 Å². The van der Waals surface area contributed by atoms with Crippen LogP contribution in [0.15, 0.2) is 0 Å². The first-order valence-corrected chi connectivity index (χ1v) is 7.53. The van der Waals surface area contributed by atoms with Crippen LogP contribution in [0.1, 0.15) is 40.0 Å². The number of nitrogens with one attached hydrogen (secondary N) is 2. The van der Waals surface area contributed by atoms with Crippen LogP contribution >= 0.6 is 0 Å². The van der Waals surface area contributed by atoms with E-state index in [1.165, 1.54) is 12.8 Å². The van der Waals surface area contributed by atoms with Crippen LogP contribution in [0, 0.1) is 17.8 Å². The van der Waals surface area contributed by atoms with Gasteiger partial charge in [-0.05, 0) is 30.6 Å². The third kappa shape index (κ3) is 5.91. The number of carbonyl (C=O) groups excluding carboxylic acids is 1. The number of methoxy groups -OCH3 is 1. The minimum absolute atomic E-state index is 0.112. The standard InChI is InChI=1S/C15H30N2O2/c1-11(2)13-6-5-12(3)9-14(13)17-15(18)10-16-7-8-19-4/h11-14,16H,5-10H2,1-4H3,(H,17,18). The second kappa shape index (κ2) is 8.54. The van der Waals surface area contributed by atoms with Crippen molar-refractivity contribution in [3.63, 3.8) is 0 Å². The first kappa shape index (κ1) is 16.4. The molecule has 1 amide bonds. The summed E-state index contributed by atoms with van der Waals surface area (Å²) in [6, 6.07) is 0.348. The molecule has 1 fully saturated rings. The molecule has 0 aliphatic heterocycles. The maximum atomic E-state index is 11.9. The lowest BCUT2D eigenvalue weighted by Crippen LogP contribution is -2.48. The molecule has 1 aliphatic rings. The molecule has 0 radical (unpaired) electrons. The molecule has 1 rings (SSSR count). The molecular weight excluding hydrogens is 240 g/mol. The summed E-state index contributed by atoms with van der Waals surface area (Å²) in [4.78, 5) is 11.9. The average molecular weight is 270 g/mol. The second-order valence-electron chi connectivity index (χ2n) is 6.17. The van der Waals surface area contributed by atoms with Crippen molar-refractivity contribution in [2.75, 3.05) is 26.8 Å². The Hall–Kier alpha value is -0.610. The van der Waals surface area contributed by atoms with E-state index in [1.54, 1.807) is 7.11 Å². The van der Waals surface area contributed by atoms with E-state index in [-0.39, 0.29) is 5.91 Å². The van der Waals surface area contributed by atoms with Crippen molar-refractivity contribution in [1.82, 2.24) is 10.6 Å². The van der Waals surface area contributed by atoms with Gasteiger partial charge >= 0.3 is 0 Å². The minimum atomic E-state index is 0.112. The summed E-state index contributed by atoms with van der Waals surface area (Å²) in [5.41, 5.74) is 0. The van der Waals surface area contributed by atoms with Crippen molar-refractivity contribution in [3.8, 4) is 0 Å². The minimum Gasteiger partial charge on any atom is -0.383 e. The third-order valence-corrected chi connectivity index (χ3v) is 4.14. The summed E-state index contributed by atoms with van der Waals surface area (Å²) in [5.74, 6) is 2.10. The zero-order chi connectivity index (χ0) is 14.3. The van der Waals surface area contributed by atoms with Crippen LogP contribution in [0.2, 0.25) is 0 Å². The van der Waals surface area contributed by atoms with Crippen LogP contribution in [0.3, 0.4) is 0 Å². The van der Waals surface area contributed by atoms with E-state index < -0.39 is 0 Å². The predicted molar refractivity (Wildman–Crippen MR) is 78.0 cm³/mol. The summed E-state index contributed by atoms with van der Waals surface area (Å²) < 4.78 is 4.94. The highest BCUT2D eigenvalue weighted by Gasteiger charge is 2.31. The number of hydrogen-bond acceptors (Lipinski definition) is 3. The smallest absolute Gasteiger partial charge is 0.234 e. The summed E-state index contributed by atoms with van der Waals surface area (Å²) in [7, 11) is 1.67. The maximum Gasteiger partial charge on any atom is 0.234 e. The van der Waals surface area contributed by atoms with Gasteiger partial charge in [0.25, 0.3) is 0 Å². The molecule has 19 heavy (non-hydrogen) atoms. The quantitative estimate of drug-likeness (QED) is 0.694. The Morgan fingerprint density at radius 1 is 1.37 bits per heavy atom. The molecule has 3 unspecified atom stereocenters. The fraction of sp³-hybridized carbons (Fsp3) is 0.933. The number of carbonyl (C=O) groups is 1. The van der Waals surface area contributed by atoms with Crippen molar-refractivity contribution < 1.29 is 9.53 Å². The first-order chi connectivity index (χ1) is 9.04. The summed E-state index contributed by atoms with van der Waals surface area (Å²) >= 11 is 0. The van der Waals surface area contributed by atoms with Crippen LogP contribution in [-0.2, 0) is 9.53 Å². The number of amides is 1. The van der Waals surface area contributed by atoms with Crippen LogP contribution in [0.25, 0.3) is 0 Å². The predicted octanol–water partition coefficient (Wildman–Crippen LogP) is 1.80. The fourth-order valence-electron chi connectivity index (χ4n) is 3.00. The van der Waals surface area contributed by atoms with Crippen molar-refractivity contribution in [2.24, 2.45) is 17.8 Å². The van der Waals surface area contributed by atoms with Gasteiger partial charge in [-0.2, -0.15) is 0 Å². The normalized spacial score (nSPS) is 27.5. The van der Waals surface area contributed by atoms with Gasteiger partial charge in [0, 0.05) is 19.7 Å². The Labute approximate surface area is 117 Å². The van der Waals surface area contributed by atoms with Gasteiger partial charge in [-0.1, -0.05) is 27.2 Å². The second-order valence-corrected chi connectivity index (χ2v) is 6.17. The maximum absolute atomic E-state index is 11.9. The Morgan fingerprint density at radius 3 is 2.74 bits per heavy atom. The molecule has 0 aromatic heterocycles. The molecule has 0 aromatic carbocycles. The number of rotatable bonds is 7. The van der Waals surface area contributed by atoms with Gasteiger partial charge in [0.15, 0.2) is 0 Å². The SMILES string of the molecule is COCCNCC(=O)NC1CC(C)CCC1C(C)C. The van der Waals surface area contributed by atoms with Crippen LogP contribution in [-0.4, -0.2) is 38.8 Å². The van der Waals surface area contributed by atoms with Gasteiger partial charge in [-0.15, -0.1) is 0 Å². The van der Waals surface area contributed by atoms with Crippen LogP contribution in [0.4, 0.5) is 0 Å². The van der Waals surface area contributed by atoms with E-state index in [0.717, 1.165) is 18.9 Å². The fourth-order valence-corrected chi connectivity index (χ4v) is 3.00.